The van der Waals surface area contributed by atoms with Gasteiger partial charge in [0.1, 0.15) is 5.82 Å². The van der Waals surface area contributed by atoms with Crippen molar-refractivity contribution in [1.29, 1.82) is 0 Å². The fourth-order valence-electron chi connectivity index (χ4n) is 1.72. The van der Waals surface area contributed by atoms with Crippen LogP contribution in [0.1, 0.15) is 28.6 Å². The Kier molecular flexibility index (Phi) is 4.68. The molecular weight excluding hydrogens is 277 g/mol. The standard InChI is InChI=1S/C14H16FN3OS/c1-3-7-16-12-10(5-4-6-11(12)15)13(19)18-14-17-8-9(2)20-14/h4-6,8,16H,3,7H2,1-2H3,(H,17,18,19). The van der Waals surface area contributed by atoms with Gasteiger partial charge in [-0.1, -0.05) is 13.0 Å². The number of nitrogens with one attached hydrogen (secondary N) is 2. The van der Waals surface area contributed by atoms with E-state index in [1.165, 1.54) is 23.5 Å². The number of anilines is 2. The van der Waals surface area contributed by atoms with Crippen LogP contribution in [0.15, 0.2) is 24.4 Å². The number of para-hydroxylation sites is 1. The number of benzene rings is 1. The van der Waals surface area contributed by atoms with E-state index in [0.717, 1.165) is 11.3 Å². The van der Waals surface area contributed by atoms with Crippen LogP contribution in [0.2, 0.25) is 0 Å². The van der Waals surface area contributed by atoms with Gasteiger partial charge in [0, 0.05) is 17.6 Å². The van der Waals surface area contributed by atoms with Gasteiger partial charge < -0.3 is 5.32 Å². The number of hydrogen-bond acceptors (Lipinski definition) is 4. The quantitative estimate of drug-likeness (QED) is 0.884. The van der Waals surface area contributed by atoms with Crippen molar-refractivity contribution in [3.05, 3.63) is 40.7 Å². The highest BCUT2D eigenvalue weighted by Crippen LogP contribution is 2.23. The molecule has 0 unspecified atom stereocenters. The van der Waals surface area contributed by atoms with Crippen LogP contribution in [-0.4, -0.2) is 17.4 Å². The molecule has 20 heavy (non-hydrogen) atoms. The topological polar surface area (TPSA) is 54.0 Å². The monoisotopic (exact) mass is 293 g/mol. The van der Waals surface area contributed by atoms with E-state index in [2.05, 4.69) is 15.6 Å². The lowest BCUT2D eigenvalue weighted by atomic mass is 10.1. The minimum absolute atomic E-state index is 0.236. The normalized spacial score (nSPS) is 10.3. The maximum atomic E-state index is 13.8. The molecule has 0 radical (unpaired) electrons. The Morgan fingerprint density at radius 1 is 1.45 bits per heavy atom. The van der Waals surface area contributed by atoms with Crippen molar-refractivity contribution in [2.45, 2.75) is 20.3 Å². The number of carbonyl (C=O) groups excluding carboxylic acids is 1. The molecule has 1 heterocycles. The summed E-state index contributed by atoms with van der Waals surface area (Å²) in [4.78, 5) is 17.3. The van der Waals surface area contributed by atoms with Gasteiger partial charge in [-0.3, -0.25) is 10.1 Å². The van der Waals surface area contributed by atoms with E-state index in [4.69, 9.17) is 0 Å². The van der Waals surface area contributed by atoms with Crippen molar-refractivity contribution in [2.24, 2.45) is 0 Å². The Labute approximate surface area is 121 Å². The summed E-state index contributed by atoms with van der Waals surface area (Å²) in [6, 6.07) is 4.45. The summed E-state index contributed by atoms with van der Waals surface area (Å²) in [5.41, 5.74) is 0.520. The molecule has 0 saturated heterocycles. The van der Waals surface area contributed by atoms with Crippen molar-refractivity contribution in [1.82, 2.24) is 4.98 Å². The molecule has 2 aromatic rings. The number of thiazole rings is 1. The number of halogens is 1. The molecule has 0 atom stereocenters. The van der Waals surface area contributed by atoms with Gasteiger partial charge >= 0.3 is 0 Å². The summed E-state index contributed by atoms with van der Waals surface area (Å²) < 4.78 is 13.8. The van der Waals surface area contributed by atoms with Crippen LogP contribution in [0.25, 0.3) is 0 Å². The third-order valence-corrected chi connectivity index (χ3v) is 3.48. The first kappa shape index (κ1) is 14.5. The van der Waals surface area contributed by atoms with Crippen molar-refractivity contribution >= 4 is 28.1 Å². The highest BCUT2D eigenvalue weighted by molar-refractivity contribution is 7.15. The average molecular weight is 293 g/mol. The summed E-state index contributed by atoms with van der Waals surface area (Å²) in [6.45, 7) is 4.49. The highest BCUT2D eigenvalue weighted by atomic mass is 32.1. The van der Waals surface area contributed by atoms with E-state index in [-0.39, 0.29) is 17.2 Å². The van der Waals surface area contributed by atoms with Crippen LogP contribution >= 0.6 is 11.3 Å². The van der Waals surface area contributed by atoms with E-state index in [1.54, 1.807) is 12.3 Å². The molecule has 106 valence electrons. The molecule has 6 heteroatoms. The zero-order chi connectivity index (χ0) is 14.5. The van der Waals surface area contributed by atoms with E-state index >= 15 is 0 Å². The third-order valence-electron chi connectivity index (χ3n) is 2.65. The minimum atomic E-state index is -0.429. The maximum absolute atomic E-state index is 13.8. The fourth-order valence-corrected chi connectivity index (χ4v) is 2.38. The Balaban J connectivity index is 2.22. The van der Waals surface area contributed by atoms with Crippen molar-refractivity contribution in [2.75, 3.05) is 17.2 Å². The molecule has 1 aromatic heterocycles. The lowest BCUT2D eigenvalue weighted by molar-refractivity contribution is 0.102. The van der Waals surface area contributed by atoms with Crippen LogP contribution in [0, 0.1) is 12.7 Å². The molecule has 0 bridgehead atoms. The number of aromatic nitrogens is 1. The lowest BCUT2D eigenvalue weighted by Gasteiger charge is -2.11. The number of aryl methyl sites for hydroxylation is 1. The number of carbonyl (C=O) groups is 1. The van der Waals surface area contributed by atoms with E-state index in [0.29, 0.717) is 11.7 Å². The second-order valence-corrected chi connectivity index (χ2v) is 5.55. The van der Waals surface area contributed by atoms with Crippen LogP contribution in [0.3, 0.4) is 0 Å². The SMILES string of the molecule is CCCNc1c(F)cccc1C(=O)Nc1ncc(C)s1. The van der Waals surface area contributed by atoms with E-state index in [1.807, 2.05) is 13.8 Å². The maximum Gasteiger partial charge on any atom is 0.259 e. The smallest absolute Gasteiger partial charge is 0.259 e. The van der Waals surface area contributed by atoms with Crippen molar-refractivity contribution in [3.63, 3.8) is 0 Å². The Bertz CT molecular complexity index is 612. The predicted octanol–water partition coefficient (Wildman–Crippen LogP) is 3.66. The second kappa shape index (κ2) is 6.47. The minimum Gasteiger partial charge on any atom is -0.382 e. The molecule has 0 spiro atoms. The van der Waals surface area contributed by atoms with Crippen molar-refractivity contribution < 1.29 is 9.18 Å². The summed E-state index contributed by atoms with van der Waals surface area (Å²) in [6.07, 6.45) is 2.53. The van der Waals surface area contributed by atoms with Gasteiger partial charge in [0.25, 0.3) is 5.91 Å². The number of amides is 1. The number of rotatable bonds is 5. The Hall–Kier alpha value is -1.95. The molecule has 0 aliphatic rings. The molecule has 0 fully saturated rings. The zero-order valence-electron chi connectivity index (χ0n) is 11.4. The van der Waals surface area contributed by atoms with Gasteiger partial charge in [-0.15, -0.1) is 11.3 Å². The van der Waals surface area contributed by atoms with Crippen LogP contribution in [0.4, 0.5) is 15.2 Å². The van der Waals surface area contributed by atoms with Crippen LogP contribution in [-0.2, 0) is 0 Å². The summed E-state index contributed by atoms with van der Waals surface area (Å²) >= 11 is 1.38. The second-order valence-electron chi connectivity index (χ2n) is 4.32. The van der Waals surface area contributed by atoms with E-state index < -0.39 is 5.82 Å². The van der Waals surface area contributed by atoms with Gasteiger partial charge in [-0.2, -0.15) is 0 Å². The lowest BCUT2D eigenvalue weighted by Crippen LogP contribution is -2.16. The fraction of sp³-hybridized carbons (Fsp3) is 0.286. The highest BCUT2D eigenvalue weighted by Gasteiger charge is 2.15. The van der Waals surface area contributed by atoms with Gasteiger partial charge in [-0.25, -0.2) is 9.37 Å². The first-order valence-corrected chi connectivity index (χ1v) is 7.19. The van der Waals surface area contributed by atoms with E-state index in [9.17, 15) is 9.18 Å². The first-order chi connectivity index (χ1) is 9.61. The number of hydrogen-bond donors (Lipinski definition) is 2. The van der Waals surface area contributed by atoms with Gasteiger partial charge in [-0.05, 0) is 25.5 Å². The zero-order valence-corrected chi connectivity index (χ0v) is 12.2. The summed E-state index contributed by atoms with van der Waals surface area (Å²) in [5, 5.41) is 6.15. The Morgan fingerprint density at radius 3 is 2.90 bits per heavy atom. The third kappa shape index (κ3) is 3.33. The summed E-state index contributed by atoms with van der Waals surface area (Å²) in [5.74, 6) is -0.793. The molecular formula is C14H16FN3OS. The van der Waals surface area contributed by atoms with Crippen molar-refractivity contribution in [3.8, 4) is 0 Å². The van der Waals surface area contributed by atoms with Crippen LogP contribution < -0.4 is 10.6 Å². The molecule has 4 nitrogen and oxygen atoms in total. The molecule has 2 N–H and O–H groups in total. The first-order valence-electron chi connectivity index (χ1n) is 6.38. The van der Waals surface area contributed by atoms with Crippen LogP contribution in [0.5, 0.6) is 0 Å². The molecule has 2 rings (SSSR count). The summed E-state index contributed by atoms with van der Waals surface area (Å²) in [7, 11) is 0. The average Bonchev–Trinajstić information content (AvgIpc) is 2.82. The molecule has 1 aromatic carbocycles. The van der Waals surface area contributed by atoms with Gasteiger partial charge in [0.2, 0.25) is 0 Å². The Morgan fingerprint density at radius 2 is 2.25 bits per heavy atom. The molecule has 0 saturated carbocycles. The molecule has 0 aliphatic heterocycles. The molecule has 0 aliphatic carbocycles. The van der Waals surface area contributed by atoms with Gasteiger partial charge in [0.05, 0.1) is 11.3 Å². The number of nitrogens with zero attached hydrogens (tertiary/aromatic N) is 1. The van der Waals surface area contributed by atoms with Gasteiger partial charge in [0.15, 0.2) is 5.13 Å². The largest absolute Gasteiger partial charge is 0.382 e. The predicted molar refractivity (Wildman–Crippen MR) is 80.0 cm³/mol. The molecule has 1 amide bonds.